The molecule has 2 amide bonds. The predicted molar refractivity (Wildman–Crippen MR) is 74.7 cm³/mol. The number of rotatable bonds is 2. The zero-order chi connectivity index (χ0) is 15.5. The highest BCUT2D eigenvalue weighted by molar-refractivity contribution is 6.01. The molecule has 1 aliphatic carbocycles. The van der Waals surface area contributed by atoms with Crippen molar-refractivity contribution in [2.24, 2.45) is 11.3 Å². The summed E-state index contributed by atoms with van der Waals surface area (Å²) < 4.78 is 25.1. The van der Waals surface area contributed by atoms with Gasteiger partial charge in [0, 0.05) is 42.1 Å². The second-order valence-corrected chi connectivity index (χ2v) is 6.72. The Morgan fingerprint density at radius 2 is 2.05 bits per heavy atom. The van der Waals surface area contributed by atoms with E-state index in [9.17, 15) is 18.4 Å². The van der Waals surface area contributed by atoms with Gasteiger partial charge in [-0.1, -0.05) is 0 Å². The number of halogens is 2. The molecule has 0 bridgehead atoms. The van der Waals surface area contributed by atoms with E-state index in [0.717, 1.165) is 5.56 Å². The van der Waals surface area contributed by atoms with Gasteiger partial charge in [-0.2, -0.15) is 0 Å². The second kappa shape index (κ2) is 4.51. The van der Waals surface area contributed by atoms with Gasteiger partial charge in [-0.25, -0.2) is 8.78 Å². The molecule has 1 saturated carbocycles. The summed E-state index contributed by atoms with van der Waals surface area (Å²) in [6.45, 7) is 1.60. The summed E-state index contributed by atoms with van der Waals surface area (Å²) >= 11 is 0. The average molecular weight is 306 g/mol. The number of hydrogen-bond acceptors (Lipinski definition) is 2. The quantitative estimate of drug-likeness (QED) is 0.909. The van der Waals surface area contributed by atoms with Crippen molar-refractivity contribution in [2.45, 2.75) is 25.8 Å². The number of hydrogen-bond donors (Lipinski definition) is 1. The van der Waals surface area contributed by atoms with Crippen LogP contribution in [0, 0.1) is 11.3 Å². The van der Waals surface area contributed by atoms with E-state index >= 15 is 0 Å². The zero-order valence-corrected chi connectivity index (χ0v) is 11.9. The van der Waals surface area contributed by atoms with Crippen molar-refractivity contribution in [1.29, 1.82) is 0 Å². The van der Waals surface area contributed by atoms with Crippen LogP contribution in [0.2, 0.25) is 0 Å². The molecule has 1 aromatic rings. The summed E-state index contributed by atoms with van der Waals surface area (Å²) in [6.07, 6.45) is -1.19. The lowest BCUT2D eigenvalue weighted by atomic mass is 9.58. The molecule has 1 N–H and O–H groups in total. The smallest absolute Gasteiger partial charge is 0.253 e. The molecule has 0 aromatic heterocycles. The first-order valence-corrected chi connectivity index (χ1v) is 7.46. The predicted octanol–water partition coefficient (Wildman–Crippen LogP) is 2.05. The molecular weight excluding hydrogens is 290 g/mol. The van der Waals surface area contributed by atoms with Crippen LogP contribution in [0.1, 0.15) is 39.1 Å². The summed E-state index contributed by atoms with van der Waals surface area (Å²) in [5.74, 6) is -0.674. The van der Waals surface area contributed by atoms with E-state index in [-0.39, 0.29) is 17.2 Å². The Hall–Kier alpha value is -1.98. The van der Waals surface area contributed by atoms with Gasteiger partial charge in [0.05, 0.1) is 0 Å². The van der Waals surface area contributed by atoms with Crippen molar-refractivity contribution in [3.63, 3.8) is 0 Å². The van der Waals surface area contributed by atoms with Crippen molar-refractivity contribution in [3.05, 3.63) is 34.9 Å². The largest absolute Gasteiger partial charge is 0.348 e. The van der Waals surface area contributed by atoms with Gasteiger partial charge in [-0.15, -0.1) is 0 Å². The molecule has 0 radical (unpaired) electrons. The number of nitrogens with zero attached hydrogens (tertiary/aromatic N) is 1. The van der Waals surface area contributed by atoms with E-state index < -0.39 is 12.3 Å². The van der Waals surface area contributed by atoms with Gasteiger partial charge in [-0.3, -0.25) is 9.59 Å². The monoisotopic (exact) mass is 306 g/mol. The molecular formula is C16H16F2N2O2. The summed E-state index contributed by atoms with van der Waals surface area (Å²) in [5.41, 5.74) is 1.96. The van der Waals surface area contributed by atoms with E-state index in [1.54, 1.807) is 23.1 Å². The highest BCUT2D eigenvalue weighted by atomic mass is 19.3. The number of benzene rings is 1. The Labute approximate surface area is 126 Å². The first-order valence-electron chi connectivity index (χ1n) is 7.46. The maximum absolute atomic E-state index is 12.5. The molecule has 3 aliphatic rings. The Morgan fingerprint density at radius 3 is 2.73 bits per heavy atom. The minimum atomic E-state index is -2.24. The van der Waals surface area contributed by atoms with Gasteiger partial charge >= 0.3 is 0 Å². The number of carbonyl (C=O) groups is 2. The molecule has 4 rings (SSSR count). The number of nitrogens with one attached hydrogen (secondary N) is 1. The van der Waals surface area contributed by atoms with Gasteiger partial charge in [0.2, 0.25) is 6.43 Å². The molecule has 0 atom stereocenters. The summed E-state index contributed by atoms with van der Waals surface area (Å²) in [7, 11) is 0. The fourth-order valence-corrected chi connectivity index (χ4v) is 3.94. The lowest BCUT2D eigenvalue weighted by Crippen LogP contribution is -2.64. The van der Waals surface area contributed by atoms with Crippen molar-refractivity contribution < 1.29 is 18.4 Å². The highest BCUT2D eigenvalue weighted by Gasteiger charge is 2.55. The van der Waals surface area contributed by atoms with Crippen molar-refractivity contribution in [2.75, 3.05) is 13.1 Å². The Bertz CT molecular complexity index is 660. The third-order valence-electron chi connectivity index (χ3n) is 5.12. The number of carbonyl (C=O) groups excluding carboxylic acids is 2. The first kappa shape index (κ1) is 13.7. The topological polar surface area (TPSA) is 49.4 Å². The van der Waals surface area contributed by atoms with Gasteiger partial charge < -0.3 is 10.2 Å². The molecule has 0 unspecified atom stereocenters. The Kier molecular flexibility index (Phi) is 2.80. The molecule has 6 heteroatoms. The van der Waals surface area contributed by atoms with Crippen LogP contribution in [-0.4, -0.2) is 36.2 Å². The van der Waals surface area contributed by atoms with Crippen LogP contribution < -0.4 is 5.32 Å². The average Bonchev–Trinajstić information content (AvgIpc) is 2.76. The van der Waals surface area contributed by atoms with Crippen LogP contribution in [0.5, 0.6) is 0 Å². The maximum atomic E-state index is 12.5. The van der Waals surface area contributed by atoms with Crippen molar-refractivity contribution >= 4 is 11.8 Å². The van der Waals surface area contributed by atoms with Crippen molar-refractivity contribution in [1.82, 2.24) is 10.2 Å². The highest BCUT2D eigenvalue weighted by Crippen LogP contribution is 2.53. The number of amides is 2. The third kappa shape index (κ3) is 1.93. The second-order valence-electron chi connectivity index (χ2n) is 6.72. The molecule has 4 nitrogen and oxygen atoms in total. The molecule has 22 heavy (non-hydrogen) atoms. The van der Waals surface area contributed by atoms with Gasteiger partial charge in [-0.05, 0) is 36.6 Å². The first-order chi connectivity index (χ1) is 10.5. The molecule has 1 aromatic carbocycles. The Balaban J connectivity index is 1.41. The van der Waals surface area contributed by atoms with Gasteiger partial charge in [0.15, 0.2) is 0 Å². The molecule has 1 spiro atoms. The minimum Gasteiger partial charge on any atom is -0.348 e. The van der Waals surface area contributed by atoms with Crippen LogP contribution >= 0.6 is 0 Å². The molecule has 2 aliphatic heterocycles. The summed E-state index contributed by atoms with van der Waals surface area (Å²) in [6, 6.07) is 5.10. The van der Waals surface area contributed by atoms with E-state index in [0.29, 0.717) is 43.6 Å². The summed E-state index contributed by atoms with van der Waals surface area (Å²) in [5, 5.41) is 2.72. The molecule has 2 fully saturated rings. The SMILES string of the molecule is O=C1NCc2cc(C(=O)N3CC4(CC(C(F)F)C4)C3)ccc21. The fourth-order valence-electron chi connectivity index (χ4n) is 3.94. The molecule has 2 heterocycles. The van der Waals surface area contributed by atoms with E-state index in [1.165, 1.54) is 0 Å². The number of likely N-dealkylation sites (tertiary alicyclic amines) is 1. The van der Waals surface area contributed by atoms with E-state index in [2.05, 4.69) is 5.32 Å². The number of alkyl halides is 2. The van der Waals surface area contributed by atoms with Crippen LogP contribution in [0.25, 0.3) is 0 Å². The Morgan fingerprint density at radius 1 is 1.32 bits per heavy atom. The maximum Gasteiger partial charge on any atom is 0.253 e. The standard InChI is InChI=1S/C16H16F2N2O2/c17-13(18)11-4-16(5-11)7-20(8-16)15(22)9-1-2-12-10(3-9)6-19-14(12)21/h1-3,11,13H,4-8H2,(H,19,21). The number of fused-ring (bicyclic) bond motifs is 1. The lowest BCUT2D eigenvalue weighted by molar-refractivity contribution is -0.120. The van der Waals surface area contributed by atoms with E-state index in [4.69, 9.17) is 0 Å². The fraction of sp³-hybridized carbons (Fsp3) is 0.500. The van der Waals surface area contributed by atoms with Gasteiger partial charge in [0.25, 0.3) is 11.8 Å². The van der Waals surface area contributed by atoms with Crippen LogP contribution in [0.15, 0.2) is 18.2 Å². The lowest BCUT2D eigenvalue weighted by Gasteiger charge is -2.58. The summed E-state index contributed by atoms with van der Waals surface area (Å²) in [4.78, 5) is 25.6. The van der Waals surface area contributed by atoms with E-state index in [1.807, 2.05) is 0 Å². The molecule has 116 valence electrons. The normalized spacial score (nSPS) is 22.3. The van der Waals surface area contributed by atoms with Crippen LogP contribution in [0.4, 0.5) is 8.78 Å². The van der Waals surface area contributed by atoms with Crippen molar-refractivity contribution in [3.8, 4) is 0 Å². The van der Waals surface area contributed by atoms with Crippen LogP contribution in [-0.2, 0) is 6.54 Å². The van der Waals surface area contributed by atoms with Crippen LogP contribution in [0.3, 0.4) is 0 Å². The van der Waals surface area contributed by atoms with Gasteiger partial charge in [0.1, 0.15) is 0 Å². The minimum absolute atomic E-state index is 0.0645. The molecule has 1 saturated heterocycles. The third-order valence-corrected chi connectivity index (χ3v) is 5.12. The zero-order valence-electron chi connectivity index (χ0n) is 11.9.